The maximum atomic E-state index is 10.1. The van der Waals surface area contributed by atoms with Crippen molar-refractivity contribution in [3.05, 3.63) is 0 Å². The summed E-state index contributed by atoms with van der Waals surface area (Å²) in [5, 5.41) is 8.87. The summed E-state index contributed by atoms with van der Waals surface area (Å²) in [6.45, 7) is 0. The van der Waals surface area contributed by atoms with E-state index in [0.717, 1.165) is 0 Å². The van der Waals surface area contributed by atoms with E-state index in [1.807, 2.05) is 0 Å². The highest BCUT2D eigenvalue weighted by molar-refractivity contribution is 9.22. The van der Waals surface area contributed by atoms with Crippen molar-refractivity contribution in [2.45, 2.75) is 0 Å². The van der Waals surface area contributed by atoms with Crippen molar-refractivity contribution in [3.8, 4) is 0 Å². The van der Waals surface area contributed by atoms with E-state index < -0.39 is 18.1 Å². The van der Waals surface area contributed by atoms with Gasteiger partial charge in [0, 0.05) is 0 Å². The van der Waals surface area contributed by atoms with Gasteiger partial charge in [-0.1, -0.05) is 0 Å². The first-order valence-corrected chi connectivity index (χ1v) is 7.91. The van der Waals surface area contributed by atoms with Crippen LogP contribution in [-0.4, -0.2) is 16.8 Å². The van der Waals surface area contributed by atoms with E-state index >= 15 is 0 Å². The average Bonchev–Trinajstić information content (AvgIpc) is 1.57. The molecule has 0 heterocycles. The van der Waals surface area contributed by atoms with Gasteiger partial charge >= 0.3 is 0 Å². The van der Waals surface area contributed by atoms with Crippen molar-refractivity contribution in [1.29, 1.82) is 0 Å². The Hall–Kier alpha value is 0.520. The first-order valence-electron chi connectivity index (χ1n) is 1.64. The van der Waals surface area contributed by atoms with E-state index in [-0.39, 0.29) is 19.7 Å². The van der Waals surface area contributed by atoms with Crippen molar-refractivity contribution in [2.75, 3.05) is 0 Å². The minimum Gasteiger partial charge on any atom is -0.219 e. The first-order chi connectivity index (χ1) is 4.21. The number of hydrogen-bond acceptors (Lipinski definition) is 6. The average molecular weight is 224 g/mol. The summed E-state index contributed by atoms with van der Waals surface area (Å²) in [4.78, 5) is 0. The van der Waals surface area contributed by atoms with E-state index in [4.69, 9.17) is 0 Å². The third-order valence-corrected chi connectivity index (χ3v) is 7.37. The third kappa shape index (κ3) is 8.52. The Bertz CT molecular complexity index is 251. The molecular weight excluding hydrogens is 220 g/mol. The standard InChI is InChI=1S/H4N2O4S4/c1-9(3,4)7-8-10(2,5)6/h(H2,1,3,4)(H2,2,5,6). The summed E-state index contributed by atoms with van der Waals surface area (Å²) in [6, 6.07) is 0. The Balaban J connectivity index is 4.05. The van der Waals surface area contributed by atoms with Crippen LogP contribution in [-0.2, 0) is 18.1 Å². The Kier molecular flexibility index (Phi) is 3.45. The molecule has 62 valence electrons. The highest BCUT2D eigenvalue weighted by Gasteiger charge is 2.11. The second kappa shape index (κ2) is 3.28. The molecule has 0 aliphatic carbocycles. The molecule has 10 heteroatoms. The molecule has 0 aliphatic heterocycles. The molecule has 0 radical (unpaired) electrons. The molecule has 0 amide bonds. The molecule has 0 unspecified atom stereocenters. The first kappa shape index (κ1) is 10.5. The van der Waals surface area contributed by atoms with E-state index in [2.05, 4.69) is 10.3 Å². The van der Waals surface area contributed by atoms with Gasteiger partial charge in [-0.05, 0) is 0 Å². The van der Waals surface area contributed by atoms with Crippen molar-refractivity contribution in [2.24, 2.45) is 10.3 Å². The van der Waals surface area contributed by atoms with Crippen molar-refractivity contribution >= 4 is 37.8 Å². The van der Waals surface area contributed by atoms with Gasteiger partial charge in [0.05, 0.1) is 19.7 Å². The summed E-state index contributed by atoms with van der Waals surface area (Å²) >= 11 is 0. The second-order valence-electron chi connectivity index (χ2n) is 1.12. The van der Waals surface area contributed by atoms with Crippen molar-refractivity contribution in [3.63, 3.8) is 0 Å². The van der Waals surface area contributed by atoms with Gasteiger partial charge in [-0.25, -0.2) is 10.3 Å². The monoisotopic (exact) mass is 224 g/mol. The van der Waals surface area contributed by atoms with Crippen LogP contribution in [0.3, 0.4) is 0 Å². The normalized spacial score (nSPS) is 13.4. The quantitative estimate of drug-likeness (QED) is 0.579. The molecule has 0 aliphatic rings. The third-order valence-electron chi connectivity index (χ3n) is 0.217. The van der Waals surface area contributed by atoms with Gasteiger partial charge in [0.2, 0.25) is 0 Å². The van der Waals surface area contributed by atoms with Crippen LogP contribution in [0.1, 0.15) is 0 Å². The summed E-state index contributed by atoms with van der Waals surface area (Å²) in [5.41, 5.74) is 0. The molecule has 4 N–H and O–H groups in total. The number of hydrogen-bond donors (Lipinski definition) is 2. The lowest BCUT2D eigenvalue weighted by Gasteiger charge is -1.91. The van der Waals surface area contributed by atoms with E-state index in [1.54, 1.807) is 0 Å². The lowest BCUT2D eigenvalue weighted by atomic mass is 13.9. The summed E-state index contributed by atoms with van der Waals surface area (Å²) < 4.78 is 40.3. The summed E-state index contributed by atoms with van der Waals surface area (Å²) in [5.74, 6) is 0. The molecule has 6 nitrogen and oxygen atoms in total. The molecule has 0 aromatic rings. The topological polar surface area (TPSA) is 120 Å². The maximum absolute atomic E-state index is 10.1. The molecule has 10 heavy (non-hydrogen) atoms. The van der Waals surface area contributed by atoms with Crippen LogP contribution < -0.4 is 10.3 Å². The molecule has 0 aromatic heterocycles. The van der Waals surface area contributed by atoms with Crippen LogP contribution >= 0.6 is 19.7 Å². The zero-order valence-electron chi connectivity index (χ0n) is 4.42. The minimum absolute atomic E-state index is 0.00579. The smallest absolute Gasteiger partial charge is 0.219 e. The predicted molar refractivity (Wildman–Crippen MR) is 41.4 cm³/mol. The van der Waals surface area contributed by atoms with Crippen LogP contribution in [0.5, 0.6) is 0 Å². The van der Waals surface area contributed by atoms with Gasteiger partial charge in [-0.2, -0.15) is 16.8 Å². The molecule has 0 bridgehead atoms. The van der Waals surface area contributed by atoms with Crippen LogP contribution in [0, 0.1) is 0 Å². The van der Waals surface area contributed by atoms with E-state index in [9.17, 15) is 16.8 Å². The maximum Gasteiger partial charge on any atom is 0.273 e. The Morgan fingerprint density at radius 2 is 1.00 bits per heavy atom. The fraction of sp³-hybridized carbons (Fsp3) is 0. The number of rotatable bonds is 3. The van der Waals surface area contributed by atoms with Gasteiger partial charge in [-0.15, -0.1) is 0 Å². The SMILES string of the molecule is NS(=O)(=O)SSS(N)(=O)=O. The van der Waals surface area contributed by atoms with Crippen LogP contribution in [0.2, 0.25) is 0 Å². The Labute approximate surface area is 65.0 Å². The fourth-order valence-corrected chi connectivity index (χ4v) is 6.27. The summed E-state index contributed by atoms with van der Waals surface area (Å²) in [7, 11) is -7.69. The molecule has 0 atom stereocenters. The van der Waals surface area contributed by atoms with Crippen molar-refractivity contribution in [1.82, 2.24) is 0 Å². The molecule has 0 fully saturated rings. The van der Waals surface area contributed by atoms with Crippen molar-refractivity contribution < 1.29 is 16.8 Å². The van der Waals surface area contributed by atoms with Crippen LogP contribution in [0.15, 0.2) is 0 Å². The van der Waals surface area contributed by atoms with Crippen LogP contribution in [0.25, 0.3) is 0 Å². The zero-order valence-corrected chi connectivity index (χ0v) is 7.69. The van der Waals surface area contributed by atoms with Gasteiger partial charge in [0.25, 0.3) is 18.1 Å². The molecule has 0 spiro atoms. The predicted octanol–water partition coefficient (Wildman–Crippen LogP) is -1.23. The molecular formula is H4N2O4S4. The van der Waals surface area contributed by atoms with Gasteiger partial charge in [-0.3, -0.25) is 0 Å². The van der Waals surface area contributed by atoms with E-state index in [1.165, 1.54) is 0 Å². The van der Waals surface area contributed by atoms with E-state index in [0.29, 0.717) is 0 Å². The minimum atomic E-state index is -3.84. The Morgan fingerprint density at radius 1 is 0.800 bits per heavy atom. The Morgan fingerprint density at radius 3 is 1.10 bits per heavy atom. The highest BCUT2D eigenvalue weighted by Crippen LogP contribution is 2.28. The lowest BCUT2D eigenvalue weighted by Crippen LogP contribution is -2.09. The van der Waals surface area contributed by atoms with Crippen LogP contribution in [0.4, 0.5) is 0 Å². The highest BCUT2D eigenvalue weighted by atomic mass is 33.7. The largest absolute Gasteiger partial charge is 0.273 e. The number of nitrogens with two attached hydrogens (primary N) is 2. The second-order valence-corrected chi connectivity index (χ2v) is 9.42. The van der Waals surface area contributed by atoms with Gasteiger partial charge in [0.1, 0.15) is 0 Å². The fourth-order valence-electron chi connectivity index (χ4n) is 0.0774. The molecule has 0 saturated heterocycles. The molecule has 0 aromatic carbocycles. The van der Waals surface area contributed by atoms with Gasteiger partial charge < -0.3 is 0 Å². The summed E-state index contributed by atoms with van der Waals surface area (Å²) in [6.07, 6.45) is 0. The lowest BCUT2D eigenvalue weighted by molar-refractivity contribution is 0.610. The van der Waals surface area contributed by atoms with Gasteiger partial charge in [0.15, 0.2) is 0 Å². The molecule has 0 saturated carbocycles. The molecule has 0 rings (SSSR count). The zero-order chi connectivity index (χ0) is 8.41.